The number of carbonyl (C=O) groups is 1. The molecule has 3 nitrogen and oxygen atoms in total. The Bertz CT molecular complexity index is 407. The van der Waals surface area contributed by atoms with E-state index in [1.807, 2.05) is 36.9 Å². The lowest BCUT2D eigenvalue weighted by molar-refractivity contribution is 0.0956. The summed E-state index contributed by atoms with van der Waals surface area (Å²) in [5.41, 5.74) is 2.96. The molecule has 1 amide bonds. The molecule has 2 N–H and O–H groups in total. The average molecular weight is 280 g/mol. The van der Waals surface area contributed by atoms with E-state index in [1.54, 1.807) is 0 Å². The molecule has 0 aromatic heterocycles. The Morgan fingerprint density at radius 2 is 2.11 bits per heavy atom. The first-order chi connectivity index (χ1) is 9.19. The lowest BCUT2D eigenvalue weighted by atomic mass is 10.1. The molecule has 106 valence electrons. The van der Waals surface area contributed by atoms with Crippen LogP contribution in [0.25, 0.3) is 0 Å². The first kappa shape index (κ1) is 15.9. The summed E-state index contributed by atoms with van der Waals surface area (Å²) in [4.78, 5) is 11.8. The summed E-state index contributed by atoms with van der Waals surface area (Å²) in [5, 5.41) is 6.24. The number of benzene rings is 1. The molecular weight excluding hydrogens is 256 g/mol. The van der Waals surface area contributed by atoms with E-state index in [2.05, 4.69) is 23.8 Å². The normalized spacial score (nSPS) is 10.3. The van der Waals surface area contributed by atoms with Gasteiger partial charge in [0.2, 0.25) is 0 Å². The molecule has 0 aliphatic rings. The first-order valence-corrected chi connectivity index (χ1v) is 8.20. The Morgan fingerprint density at radius 1 is 1.32 bits per heavy atom. The third-order valence-corrected chi connectivity index (χ3v) is 3.62. The maximum atomic E-state index is 11.8. The lowest BCUT2D eigenvalue weighted by Gasteiger charge is -2.11. The number of carbonyl (C=O) groups excluding carboxylic acids is 1. The van der Waals surface area contributed by atoms with Crippen molar-refractivity contribution in [1.29, 1.82) is 0 Å². The second-order valence-corrected chi connectivity index (χ2v) is 5.50. The van der Waals surface area contributed by atoms with Crippen LogP contribution >= 0.6 is 11.8 Å². The zero-order valence-corrected chi connectivity index (χ0v) is 12.9. The molecule has 0 fully saturated rings. The number of rotatable bonds is 8. The van der Waals surface area contributed by atoms with Crippen molar-refractivity contribution in [2.45, 2.75) is 26.7 Å². The highest BCUT2D eigenvalue weighted by molar-refractivity contribution is 7.98. The molecule has 0 bridgehead atoms. The summed E-state index contributed by atoms with van der Waals surface area (Å²) in [6.45, 7) is 5.60. The van der Waals surface area contributed by atoms with Gasteiger partial charge in [-0.2, -0.15) is 11.8 Å². The Kier molecular flexibility index (Phi) is 7.41. The van der Waals surface area contributed by atoms with Crippen LogP contribution in [0.15, 0.2) is 18.2 Å². The number of hydrogen-bond donors (Lipinski definition) is 2. The fourth-order valence-corrected chi connectivity index (χ4v) is 2.30. The number of unbranched alkanes of at least 4 members (excludes halogenated alkanes) is 1. The Hall–Kier alpha value is -1.16. The van der Waals surface area contributed by atoms with Crippen molar-refractivity contribution in [3.63, 3.8) is 0 Å². The van der Waals surface area contributed by atoms with Gasteiger partial charge in [-0.05, 0) is 56.4 Å². The molecule has 0 heterocycles. The van der Waals surface area contributed by atoms with E-state index < -0.39 is 0 Å². The van der Waals surface area contributed by atoms with Crippen molar-refractivity contribution in [2.24, 2.45) is 0 Å². The standard InChI is InChI=1S/C15H24N2OS/c1-4-16-15(18)13-8-7-12(2)14(11-13)17-9-5-6-10-19-3/h7-8,11,17H,4-6,9-10H2,1-3H3,(H,16,18). The van der Waals surface area contributed by atoms with Gasteiger partial charge >= 0.3 is 0 Å². The van der Waals surface area contributed by atoms with Crippen molar-refractivity contribution in [1.82, 2.24) is 5.32 Å². The third kappa shape index (κ3) is 5.55. The molecule has 0 saturated carbocycles. The summed E-state index contributed by atoms with van der Waals surface area (Å²) in [6, 6.07) is 5.81. The number of thioether (sulfide) groups is 1. The molecule has 0 unspecified atom stereocenters. The summed E-state index contributed by atoms with van der Waals surface area (Å²) in [7, 11) is 0. The van der Waals surface area contributed by atoms with Crippen LogP contribution in [0.1, 0.15) is 35.7 Å². The summed E-state index contributed by atoms with van der Waals surface area (Å²) >= 11 is 1.88. The van der Waals surface area contributed by atoms with Gasteiger partial charge in [0, 0.05) is 24.3 Å². The minimum Gasteiger partial charge on any atom is -0.385 e. The molecule has 1 rings (SSSR count). The Balaban J connectivity index is 2.56. The van der Waals surface area contributed by atoms with Gasteiger partial charge in [0.05, 0.1) is 0 Å². The highest BCUT2D eigenvalue weighted by atomic mass is 32.2. The highest BCUT2D eigenvalue weighted by Crippen LogP contribution is 2.17. The van der Waals surface area contributed by atoms with Crippen molar-refractivity contribution in [2.75, 3.05) is 30.4 Å². The Morgan fingerprint density at radius 3 is 2.79 bits per heavy atom. The van der Waals surface area contributed by atoms with E-state index in [1.165, 1.54) is 17.7 Å². The number of hydrogen-bond acceptors (Lipinski definition) is 3. The second kappa shape index (κ2) is 8.86. The number of amides is 1. The predicted molar refractivity (Wildman–Crippen MR) is 85.3 cm³/mol. The Labute approximate surface area is 120 Å². The third-order valence-electron chi connectivity index (χ3n) is 2.93. The van der Waals surface area contributed by atoms with Gasteiger partial charge in [0.25, 0.3) is 5.91 Å². The summed E-state index contributed by atoms with van der Waals surface area (Å²) < 4.78 is 0. The van der Waals surface area contributed by atoms with E-state index in [4.69, 9.17) is 0 Å². The number of anilines is 1. The van der Waals surface area contributed by atoms with Crippen molar-refractivity contribution in [3.8, 4) is 0 Å². The maximum Gasteiger partial charge on any atom is 0.251 e. The van der Waals surface area contributed by atoms with Gasteiger partial charge in [-0.15, -0.1) is 0 Å². The van der Waals surface area contributed by atoms with Crippen LogP contribution in [0, 0.1) is 6.92 Å². The van der Waals surface area contributed by atoms with Crippen LogP contribution in [0.2, 0.25) is 0 Å². The fraction of sp³-hybridized carbons (Fsp3) is 0.533. The summed E-state index contributed by atoms with van der Waals surface area (Å²) in [6.07, 6.45) is 4.52. The topological polar surface area (TPSA) is 41.1 Å². The van der Waals surface area contributed by atoms with Crippen LogP contribution in [-0.4, -0.2) is 31.0 Å². The van der Waals surface area contributed by atoms with E-state index in [0.29, 0.717) is 6.54 Å². The molecule has 0 aliphatic heterocycles. The minimum absolute atomic E-state index is 0.00654. The van der Waals surface area contributed by atoms with Gasteiger partial charge in [0.15, 0.2) is 0 Å². The fourth-order valence-electron chi connectivity index (χ4n) is 1.81. The van der Waals surface area contributed by atoms with Gasteiger partial charge in [0.1, 0.15) is 0 Å². The SMILES string of the molecule is CCNC(=O)c1ccc(C)c(NCCCCSC)c1. The van der Waals surface area contributed by atoms with Gasteiger partial charge in [-0.25, -0.2) is 0 Å². The van der Waals surface area contributed by atoms with Crippen molar-refractivity contribution >= 4 is 23.4 Å². The lowest BCUT2D eigenvalue weighted by Crippen LogP contribution is -2.22. The zero-order valence-electron chi connectivity index (χ0n) is 12.1. The molecule has 0 aliphatic carbocycles. The first-order valence-electron chi connectivity index (χ1n) is 6.80. The molecule has 1 aromatic carbocycles. The van der Waals surface area contributed by atoms with E-state index in [0.717, 1.165) is 24.2 Å². The van der Waals surface area contributed by atoms with Gasteiger partial charge in [-0.1, -0.05) is 6.07 Å². The number of aryl methyl sites for hydroxylation is 1. The monoisotopic (exact) mass is 280 g/mol. The molecule has 4 heteroatoms. The van der Waals surface area contributed by atoms with Crippen LogP contribution in [0.3, 0.4) is 0 Å². The molecule has 1 aromatic rings. The quantitative estimate of drug-likeness (QED) is 0.718. The molecule has 0 atom stereocenters. The molecular formula is C15H24N2OS. The predicted octanol–water partition coefficient (Wildman–Crippen LogP) is 3.30. The molecule has 0 saturated heterocycles. The zero-order chi connectivity index (χ0) is 14.1. The second-order valence-electron chi connectivity index (χ2n) is 4.52. The maximum absolute atomic E-state index is 11.8. The molecule has 0 spiro atoms. The van der Waals surface area contributed by atoms with Crippen LogP contribution in [0.5, 0.6) is 0 Å². The van der Waals surface area contributed by atoms with Crippen LogP contribution < -0.4 is 10.6 Å². The average Bonchev–Trinajstić information content (AvgIpc) is 2.40. The summed E-state index contributed by atoms with van der Waals surface area (Å²) in [5.74, 6) is 1.20. The molecule has 0 radical (unpaired) electrons. The van der Waals surface area contributed by atoms with E-state index in [9.17, 15) is 4.79 Å². The van der Waals surface area contributed by atoms with Crippen LogP contribution in [0.4, 0.5) is 5.69 Å². The van der Waals surface area contributed by atoms with Crippen LogP contribution in [-0.2, 0) is 0 Å². The molecule has 19 heavy (non-hydrogen) atoms. The van der Waals surface area contributed by atoms with Crippen molar-refractivity contribution < 1.29 is 4.79 Å². The minimum atomic E-state index is -0.00654. The van der Waals surface area contributed by atoms with Gasteiger partial charge < -0.3 is 10.6 Å². The van der Waals surface area contributed by atoms with E-state index in [-0.39, 0.29) is 5.91 Å². The largest absolute Gasteiger partial charge is 0.385 e. The van der Waals surface area contributed by atoms with E-state index >= 15 is 0 Å². The van der Waals surface area contributed by atoms with Gasteiger partial charge in [-0.3, -0.25) is 4.79 Å². The smallest absolute Gasteiger partial charge is 0.251 e. The number of nitrogens with one attached hydrogen (secondary N) is 2. The van der Waals surface area contributed by atoms with Crippen molar-refractivity contribution in [3.05, 3.63) is 29.3 Å². The highest BCUT2D eigenvalue weighted by Gasteiger charge is 2.06.